The monoisotopic (exact) mass is 263 g/mol. The first kappa shape index (κ1) is 13.1. The summed E-state index contributed by atoms with van der Waals surface area (Å²) in [5.74, 6) is 0. The van der Waals surface area contributed by atoms with Crippen molar-refractivity contribution in [1.82, 2.24) is 14.7 Å². The molecule has 0 radical (unpaired) electrons. The van der Waals surface area contributed by atoms with Gasteiger partial charge in [-0.05, 0) is 32.0 Å². The minimum Gasteiger partial charge on any atom is -0.288 e. The van der Waals surface area contributed by atoms with Gasteiger partial charge in [-0.1, -0.05) is 41.9 Å². The fourth-order valence-electron chi connectivity index (χ4n) is 1.93. The predicted molar refractivity (Wildman–Crippen MR) is 74.6 cm³/mol. The number of hydrogen-bond donors (Lipinski definition) is 0. The second kappa shape index (κ2) is 6.57. The number of aromatic nitrogens is 2. The Morgan fingerprint density at radius 3 is 2.72 bits per heavy atom. The van der Waals surface area contributed by atoms with Crippen LogP contribution in [0.3, 0.4) is 0 Å². The van der Waals surface area contributed by atoms with Crippen molar-refractivity contribution in [2.45, 2.75) is 19.5 Å². The van der Waals surface area contributed by atoms with E-state index in [0.717, 1.165) is 26.1 Å². The topological polar surface area (TPSA) is 21.1 Å². The van der Waals surface area contributed by atoms with Crippen LogP contribution in [0.5, 0.6) is 0 Å². The molecule has 0 N–H and O–H groups in total. The van der Waals surface area contributed by atoms with Crippen LogP contribution in [0, 0.1) is 0 Å². The number of hydrogen-bond acceptors (Lipinski definition) is 2. The van der Waals surface area contributed by atoms with Gasteiger partial charge in [0.05, 0.1) is 17.9 Å². The van der Waals surface area contributed by atoms with E-state index in [1.54, 1.807) is 6.20 Å². The summed E-state index contributed by atoms with van der Waals surface area (Å²) < 4.78 is 1.85. The Morgan fingerprint density at radius 1 is 1.28 bits per heavy atom. The highest BCUT2D eigenvalue weighted by Crippen LogP contribution is 2.06. The van der Waals surface area contributed by atoms with E-state index in [2.05, 4.69) is 47.4 Å². The zero-order valence-corrected chi connectivity index (χ0v) is 11.3. The fourth-order valence-corrected chi connectivity index (χ4v) is 2.09. The molecule has 3 nitrogen and oxygen atoms in total. The van der Waals surface area contributed by atoms with Crippen molar-refractivity contribution in [3.63, 3.8) is 0 Å². The number of nitrogens with zero attached hydrogens (tertiary/aromatic N) is 3. The van der Waals surface area contributed by atoms with Crippen LogP contribution < -0.4 is 0 Å². The van der Waals surface area contributed by atoms with Crippen molar-refractivity contribution < 1.29 is 0 Å². The summed E-state index contributed by atoms with van der Waals surface area (Å²) in [6.45, 7) is 1.83. The minimum absolute atomic E-state index is 0.688. The summed E-state index contributed by atoms with van der Waals surface area (Å²) in [6, 6.07) is 10.6. The largest absolute Gasteiger partial charge is 0.288 e. The lowest BCUT2D eigenvalue weighted by atomic mass is 10.1. The molecule has 0 aliphatic rings. The van der Waals surface area contributed by atoms with Crippen LogP contribution in [0.1, 0.15) is 12.0 Å². The molecule has 0 aliphatic carbocycles. The fraction of sp³-hybridized carbons (Fsp3) is 0.357. The van der Waals surface area contributed by atoms with Gasteiger partial charge in [-0.25, -0.2) is 0 Å². The average Bonchev–Trinajstić information content (AvgIpc) is 2.76. The smallest absolute Gasteiger partial charge is 0.0926 e. The lowest BCUT2D eigenvalue weighted by Crippen LogP contribution is -2.23. The van der Waals surface area contributed by atoms with E-state index in [0.29, 0.717) is 5.02 Å². The summed E-state index contributed by atoms with van der Waals surface area (Å²) in [7, 11) is 2.10. The number of rotatable bonds is 6. The molecule has 1 aromatic carbocycles. The lowest BCUT2D eigenvalue weighted by molar-refractivity contribution is 0.251. The lowest BCUT2D eigenvalue weighted by Gasteiger charge is -2.16. The van der Waals surface area contributed by atoms with Gasteiger partial charge in [0.15, 0.2) is 0 Å². The molecule has 1 aromatic heterocycles. The first-order valence-corrected chi connectivity index (χ1v) is 6.52. The SMILES string of the molecule is CN(CCCc1ccccc1)Cn1cc(Cl)cn1. The van der Waals surface area contributed by atoms with Crippen LogP contribution in [0.25, 0.3) is 0 Å². The Kier molecular flexibility index (Phi) is 4.79. The van der Waals surface area contributed by atoms with Gasteiger partial charge in [-0.2, -0.15) is 5.10 Å². The highest BCUT2D eigenvalue weighted by atomic mass is 35.5. The normalized spacial score (nSPS) is 11.1. The molecule has 0 bridgehead atoms. The van der Waals surface area contributed by atoms with Crippen LogP contribution in [0.2, 0.25) is 5.02 Å². The highest BCUT2D eigenvalue weighted by Gasteiger charge is 2.01. The molecule has 0 unspecified atom stereocenters. The van der Waals surface area contributed by atoms with Gasteiger partial charge in [0.25, 0.3) is 0 Å². The molecule has 0 spiro atoms. The molecule has 2 aromatic rings. The third kappa shape index (κ3) is 4.17. The summed E-state index contributed by atoms with van der Waals surface area (Å²) in [5.41, 5.74) is 1.40. The van der Waals surface area contributed by atoms with Crippen molar-refractivity contribution in [3.05, 3.63) is 53.3 Å². The summed E-state index contributed by atoms with van der Waals surface area (Å²) in [4.78, 5) is 2.24. The Labute approximate surface area is 113 Å². The van der Waals surface area contributed by atoms with E-state index >= 15 is 0 Å². The van der Waals surface area contributed by atoms with Crippen LogP contribution in [-0.2, 0) is 13.1 Å². The second-order valence-electron chi connectivity index (χ2n) is 4.51. The first-order valence-electron chi connectivity index (χ1n) is 6.14. The van der Waals surface area contributed by atoms with Crippen molar-refractivity contribution in [2.24, 2.45) is 0 Å². The predicted octanol–water partition coefficient (Wildman–Crippen LogP) is 3.06. The van der Waals surface area contributed by atoms with Gasteiger partial charge < -0.3 is 0 Å². The number of halogens is 1. The summed E-state index contributed by atoms with van der Waals surface area (Å²) in [5, 5.41) is 4.85. The first-order chi connectivity index (χ1) is 8.74. The Morgan fingerprint density at radius 2 is 2.06 bits per heavy atom. The zero-order chi connectivity index (χ0) is 12.8. The molecule has 0 atom stereocenters. The molecule has 4 heteroatoms. The van der Waals surface area contributed by atoms with E-state index in [9.17, 15) is 0 Å². The molecule has 0 aliphatic heterocycles. The van der Waals surface area contributed by atoms with Gasteiger partial charge in [0.2, 0.25) is 0 Å². The maximum atomic E-state index is 5.83. The number of benzene rings is 1. The van der Waals surface area contributed by atoms with E-state index in [1.165, 1.54) is 5.56 Å². The molecule has 2 rings (SSSR count). The molecular weight excluding hydrogens is 246 g/mol. The average molecular weight is 264 g/mol. The molecule has 0 amide bonds. The van der Waals surface area contributed by atoms with Gasteiger partial charge in [-0.15, -0.1) is 0 Å². The quantitative estimate of drug-likeness (QED) is 0.799. The van der Waals surface area contributed by atoms with Crippen LogP contribution >= 0.6 is 11.6 Å². The minimum atomic E-state index is 0.688. The van der Waals surface area contributed by atoms with Gasteiger partial charge >= 0.3 is 0 Å². The van der Waals surface area contributed by atoms with E-state index in [-0.39, 0.29) is 0 Å². The van der Waals surface area contributed by atoms with Crippen LogP contribution in [-0.4, -0.2) is 28.3 Å². The molecule has 0 saturated carbocycles. The van der Waals surface area contributed by atoms with Crippen molar-refractivity contribution in [3.8, 4) is 0 Å². The standard InChI is InChI=1S/C14H18ClN3/c1-17(12-18-11-14(15)10-16-18)9-5-8-13-6-3-2-4-7-13/h2-4,6-7,10-11H,5,8-9,12H2,1H3. The van der Waals surface area contributed by atoms with E-state index in [1.807, 2.05) is 10.9 Å². The van der Waals surface area contributed by atoms with Crippen LogP contribution in [0.4, 0.5) is 0 Å². The third-order valence-electron chi connectivity index (χ3n) is 2.84. The maximum Gasteiger partial charge on any atom is 0.0926 e. The van der Waals surface area contributed by atoms with Gasteiger partial charge in [0.1, 0.15) is 0 Å². The Balaban J connectivity index is 1.70. The van der Waals surface area contributed by atoms with Crippen LogP contribution in [0.15, 0.2) is 42.7 Å². The van der Waals surface area contributed by atoms with Crippen molar-refractivity contribution in [1.29, 1.82) is 0 Å². The molecule has 18 heavy (non-hydrogen) atoms. The van der Waals surface area contributed by atoms with E-state index < -0.39 is 0 Å². The zero-order valence-electron chi connectivity index (χ0n) is 10.6. The van der Waals surface area contributed by atoms with Gasteiger partial charge in [-0.3, -0.25) is 9.58 Å². The molecule has 96 valence electrons. The second-order valence-corrected chi connectivity index (χ2v) is 4.94. The highest BCUT2D eigenvalue weighted by molar-refractivity contribution is 6.30. The summed E-state index contributed by atoms with van der Waals surface area (Å²) in [6.07, 6.45) is 5.77. The summed E-state index contributed by atoms with van der Waals surface area (Å²) >= 11 is 5.83. The Bertz CT molecular complexity index is 467. The maximum absolute atomic E-state index is 5.83. The molecule has 1 heterocycles. The van der Waals surface area contributed by atoms with Crippen molar-refractivity contribution in [2.75, 3.05) is 13.6 Å². The Hall–Kier alpha value is -1.32. The third-order valence-corrected chi connectivity index (χ3v) is 3.03. The number of aryl methyl sites for hydroxylation is 1. The molecule has 0 saturated heterocycles. The molecular formula is C14H18ClN3. The molecule has 0 fully saturated rings. The van der Waals surface area contributed by atoms with Gasteiger partial charge in [0, 0.05) is 6.20 Å². The van der Waals surface area contributed by atoms with Crippen molar-refractivity contribution >= 4 is 11.6 Å². The van der Waals surface area contributed by atoms with E-state index in [4.69, 9.17) is 11.6 Å².